The van der Waals surface area contributed by atoms with Crippen molar-refractivity contribution >= 4 is 46.7 Å². The molecule has 0 aliphatic carbocycles. The van der Waals surface area contributed by atoms with Crippen molar-refractivity contribution in [3.63, 3.8) is 0 Å². The van der Waals surface area contributed by atoms with Crippen molar-refractivity contribution in [3.05, 3.63) is 40.8 Å². The van der Waals surface area contributed by atoms with Crippen LogP contribution in [-0.4, -0.2) is 90.9 Å². The van der Waals surface area contributed by atoms with Crippen LogP contribution in [0, 0.1) is 17.7 Å². The predicted molar refractivity (Wildman–Crippen MR) is 144 cm³/mol. The van der Waals surface area contributed by atoms with Crippen LogP contribution in [0.5, 0.6) is 0 Å². The molecule has 0 saturated carbocycles. The second kappa shape index (κ2) is 12.5. The number of hydrogen-bond donors (Lipinski definition) is 2. The van der Waals surface area contributed by atoms with Gasteiger partial charge >= 0.3 is 11.9 Å². The fraction of sp³-hybridized carbons (Fsp3) is 0.500. The highest BCUT2D eigenvalue weighted by Gasteiger charge is 2.32. The predicted octanol–water partition coefficient (Wildman–Crippen LogP) is 2.41. The highest BCUT2D eigenvalue weighted by atomic mass is 32.2. The number of likely N-dealkylation sites (tertiary alicyclic amines) is 1. The molecule has 3 heterocycles. The number of aromatic carboxylic acids is 1. The maximum absolute atomic E-state index is 14.7. The Morgan fingerprint density at radius 1 is 1.37 bits per heavy atom. The van der Waals surface area contributed by atoms with E-state index < -0.39 is 17.8 Å². The lowest BCUT2D eigenvalue weighted by Crippen LogP contribution is -2.47. The number of esters is 1. The van der Waals surface area contributed by atoms with E-state index in [1.807, 2.05) is 0 Å². The number of carboxylic acid groups (broad SMARTS) is 1. The summed E-state index contributed by atoms with van der Waals surface area (Å²) in [4.78, 5) is 48.3. The summed E-state index contributed by atoms with van der Waals surface area (Å²) < 4.78 is 19.9. The summed E-state index contributed by atoms with van der Waals surface area (Å²) in [5.41, 5.74) is 1.10. The van der Waals surface area contributed by atoms with Crippen LogP contribution in [0.15, 0.2) is 39.5 Å². The fourth-order valence-electron chi connectivity index (χ4n) is 4.81. The number of hydrogen-bond acceptors (Lipinski definition) is 9. The van der Waals surface area contributed by atoms with E-state index in [1.54, 1.807) is 18.7 Å². The Balaban J connectivity index is 1.48. The van der Waals surface area contributed by atoms with E-state index in [4.69, 9.17) is 9.84 Å². The molecule has 2 atom stereocenters. The van der Waals surface area contributed by atoms with E-state index in [-0.39, 0.29) is 42.8 Å². The number of piperidine rings is 1. The normalized spacial score (nSPS) is 21.9. The van der Waals surface area contributed by atoms with Crippen molar-refractivity contribution in [1.29, 1.82) is 0 Å². The topological polar surface area (TPSA) is 124 Å². The van der Waals surface area contributed by atoms with Crippen molar-refractivity contribution in [2.24, 2.45) is 21.8 Å². The molecule has 1 fully saturated rings. The zero-order chi connectivity index (χ0) is 27.2. The van der Waals surface area contributed by atoms with E-state index in [1.165, 1.54) is 17.0 Å². The number of nitrogens with one attached hydrogen (secondary N) is 1. The first-order chi connectivity index (χ1) is 18.3. The van der Waals surface area contributed by atoms with E-state index >= 15 is 0 Å². The van der Waals surface area contributed by atoms with Gasteiger partial charge in [-0.25, -0.2) is 14.0 Å². The molecule has 0 aromatic heterocycles. The molecule has 0 bridgehead atoms. The number of amidine groups is 1. The van der Waals surface area contributed by atoms with Gasteiger partial charge in [-0.05, 0) is 49.9 Å². The van der Waals surface area contributed by atoms with E-state index in [9.17, 15) is 18.8 Å². The van der Waals surface area contributed by atoms with Crippen LogP contribution in [0.1, 0.15) is 30.6 Å². The van der Waals surface area contributed by atoms with Gasteiger partial charge in [0.15, 0.2) is 5.84 Å². The lowest BCUT2D eigenvalue weighted by atomic mass is 9.86. The average Bonchev–Trinajstić information content (AvgIpc) is 3.44. The average molecular weight is 546 g/mol. The molecule has 0 spiro atoms. The highest BCUT2D eigenvalue weighted by Crippen LogP contribution is 2.28. The molecule has 3 aliphatic rings. The number of ether oxygens (including phenoxy) is 1. The van der Waals surface area contributed by atoms with Gasteiger partial charge in [-0.2, -0.15) is 0 Å². The van der Waals surface area contributed by atoms with Crippen molar-refractivity contribution in [2.45, 2.75) is 20.3 Å². The Hall–Kier alpha value is -3.25. The summed E-state index contributed by atoms with van der Waals surface area (Å²) in [7, 11) is 0. The van der Waals surface area contributed by atoms with Gasteiger partial charge in [0.2, 0.25) is 6.41 Å². The summed E-state index contributed by atoms with van der Waals surface area (Å²) in [5.74, 6) is -0.507. The lowest BCUT2D eigenvalue weighted by molar-refractivity contribution is -0.138. The molecule has 10 nitrogen and oxygen atoms in total. The second-order valence-corrected chi connectivity index (χ2v) is 10.6. The van der Waals surface area contributed by atoms with Gasteiger partial charge in [0, 0.05) is 37.6 Å². The molecule has 1 aromatic rings. The first kappa shape index (κ1) is 27.8. The van der Waals surface area contributed by atoms with Crippen LogP contribution in [0.25, 0.3) is 0 Å². The van der Waals surface area contributed by atoms with Gasteiger partial charge in [0.25, 0.3) is 0 Å². The quantitative estimate of drug-likeness (QED) is 0.339. The Kier molecular flexibility index (Phi) is 9.16. The van der Waals surface area contributed by atoms with Crippen molar-refractivity contribution in [1.82, 2.24) is 10.2 Å². The molecule has 12 heteroatoms. The Morgan fingerprint density at radius 3 is 2.84 bits per heavy atom. The van der Waals surface area contributed by atoms with Crippen molar-refractivity contribution < 1.29 is 28.6 Å². The van der Waals surface area contributed by atoms with Crippen LogP contribution < -0.4 is 10.2 Å². The zero-order valence-corrected chi connectivity index (χ0v) is 22.3. The molecule has 1 saturated heterocycles. The summed E-state index contributed by atoms with van der Waals surface area (Å²) in [5, 5.41) is 13.3. The maximum Gasteiger partial charge on any atom is 0.337 e. The molecule has 204 valence electrons. The molecular formula is C26H32FN5O5S. The number of anilines is 1. The number of amides is 1. The first-order valence-electron chi connectivity index (χ1n) is 12.7. The van der Waals surface area contributed by atoms with E-state index in [0.717, 1.165) is 42.1 Å². The summed E-state index contributed by atoms with van der Waals surface area (Å²) in [6, 6.07) is 3.54. The summed E-state index contributed by atoms with van der Waals surface area (Å²) in [6.07, 6.45) is 1.45. The Bertz CT molecular complexity index is 1190. The standard InChI is InChI=1S/C26H32FN5O5S/c1-3-37-26(36)19-11-29-23(24-28-7-9-38-24)30-21(19)14-31-8-6-16(2)18(12-31)13-32(15-33)22-5-4-17(25(34)35)10-20(22)27/h4-5,10,15-16,18H,3,6-9,11-14H2,1-2H3,(H,29,30)(H,34,35). The maximum atomic E-state index is 14.7. The number of aliphatic imine (C=N–C) groups is 2. The van der Waals surface area contributed by atoms with Gasteiger partial charge in [-0.3, -0.25) is 19.7 Å². The number of carbonyl (C=O) groups is 3. The van der Waals surface area contributed by atoms with Crippen LogP contribution in [0.4, 0.5) is 10.1 Å². The third-order valence-electron chi connectivity index (χ3n) is 6.98. The number of rotatable bonds is 10. The number of benzene rings is 1. The zero-order valence-electron chi connectivity index (χ0n) is 21.5. The molecular weight excluding hydrogens is 513 g/mol. The Labute approximate surface area is 225 Å². The molecule has 1 amide bonds. The lowest BCUT2D eigenvalue weighted by Gasteiger charge is -2.39. The van der Waals surface area contributed by atoms with Crippen LogP contribution >= 0.6 is 11.8 Å². The molecule has 1 aromatic carbocycles. The molecule has 2 unspecified atom stereocenters. The van der Waals surface area contributed by atoms with Crippen LogP contribution in [-0.2, 0) is 14.3 Å². The minimum atomic E-state index is -1.23. The van der Waals surface area contributed by atoms with Crippen molar-refractivity contribution in [2.75, 3.05) is 56.5 Å². The van der Waals surface area contributed by atoms with Gasteiger partial charge in [0.1, 0.15) is 10.9 Å². The van der Waals surface area contributed by atoms with Gasteiger partial charge in [-0.1, -0.05) is 6.92 Å². The monoisotopic (exact) mass is 545 g/mol. The molecule has 2 N–H and O–H groups in total. The number of carbonyl (C=O) groups excluding carboxylic acids is 2. The second-order valence-electron chi connectivity index (χ2n) is 9.49. The molecule has 3 aliphatic heterocycles. The number of nitrogens with zero attached hydrogens (tertiary/aromatic N) is 4. The van der Waals surface area contributed by atoms with E-state index in [0.29, 0.717) is 30.9 Å². The third-order valence-corrected chi connectivity index (χ3v) is 7.96. The first-order valence-corrected chi connectivity index (χ1v) is 13.6. The fourth-order valence-corrected chi connectivity index (χ4v) is 5.62. The Morgan fingerprint density at radius 2 is 2.18 bits per heavy atom. The summed E-state index contributed by atoms with van der Waals surface area (Å²) in [6.45, 7) is 7.27. The van der Waals surface area contributed by atoms with Gasteiger partial charge in [-0.15, -0.1) is 11.8 Å². The van der Waals surface area contributed by atoms with Crippen LogP contribution in [0.3, 0.4) is 0 Å². The highest BCUT2D eigenvalue weighted by molar-refractivity contribution is 8.16. The SMILES string of the molecule is CCOC(=O)C1=C(CN2CCC(C)C(CN(C=O)c3ccc(C(=O)O)cc3F)C2)NC(C2=NCCS2)=NC1. The smallest absolute Gasteiger partial charge is 0.337 e. The largest absolute Gasteiger partial charge is 0.478 e. The number of carboxylic acids is 1. The van der Waals surface area contributed by atoms with Crippen LogP contribution in [0.2, 0.25) is 0 Å². The van der Waals surface area contributed by atoms with E-state index in [2.05, 4.69) is 27.1 Å². The molecule has 0 radical (unpaired) electrons. The third kappa shape index (κ3) is 6.41. The minimum Gasteiger partial charge on any atom is -0.478 e. The van der Waals surface area contributed by atoms with Crippen molar-refractivity contribution in [3.8, 4) is 0 Å². The molecule has 38 heavy (non-hydrogen) atoms. The van der Waals surface area contributed by atoms with Gasteiger partial charge < -0.3 is 20.1 Å². The number of halogens is 1. The minimum absolute atomic E-state index is 0.0330. The summed E-state index contributed by atoms with van der Waals surface area (Å²) >= 11 is 1.63. The molecule has 4 rings (SSSR count). The number of thioether (sulfide) groups is 1. The van der Waals surface area contributed by atoms with Gasteiger partial charge in [0.05, 0.1) is 30.0 Å².